The third-order valence-electron chi connectivity index (χ3n) is 3.39. The number of rotatable bonds is 5. The van der Waals surface area contributed by atoms with E-state index < -0.39 is 0 Å². The zero-order valence-electron chi connectivity index (χ0n) is 12.9. The van der Waals surface area contributed by atoms with Crippen LogP contribution in [0, 0.1) is 5.82 Å². The first-order chi connectivity index (χ1) is 11.1. The average Bonchev–Trinajstić information content (AvgIpc) is 3.02. The molecule has 4 nitrogen and oxygen atoms in total. The maximum atomic E-state index is 13.6. The van der Waals surface area contributed by atoms with Gasteiger partial charge in [-0.05, 0) is 29.8 Å². The van der Waals surface area contributed by atoms with E-state index in [-0.39, 0.29) is 17.8 Å². The molecule has 0 aliphatic heterocycles. The lowest BCUT2D eigenvalue weighted by atomic mass is 10.0. The Morgan fingerprint density at radius 3 is 2.65 bits per heavy atom. The van der Waals surface area contributed by atoms with E-state index in [1.165, 1.54) is 23.7 Å². The van der Waals surface area contributed by atoms with Gasteiger partial charge >= 0.3 is 0 Å². The second-order valence-corrected chi connectivity index (χ2v) is 6.25. The maximum absolute atomic E-state index is 13.6. The van der Waals surface area contributed by atoms with Crippen molar-refractivity contribution in [2.75, 3.05) is 5.32 Å². The topological polar surface area (TPSA) is 50.7 Å². The molecule has 118 valence electrons. The molecule has 0 fully saturated rings. The lowest BCUT2D eigenvalue weighted by molar-refractivity contribution is 0.624. The largest absolute Gasteiger partial charge is 0.348 e. The fourth-order valence-corrected chi connectivity index (χ4v) is 2.95. The molecule has 0 radical (unpaired) electrons. The van der Waals surface area contributed by atoms with Gasteiger partial charge in [0.05, 0.1) is 11.7 Å². The second kappa shape index (κ2) is 6.83. The number of nitrogens with zero attached hydrogens (tertiary/aromatic N) is 3. The summed E-state index contributed by atoms with van der Waals surface area (Å²) in [5.41, 5.74) is 1.60. The van der Waals surface area contributed by atoms with Gasteiger partial charge in [-0.25, -0.2) is 9.37 Å². The van der Waals surface area contributed by atoms with Gasteiger partial charge in [0.15, 0.2) is 0 Å². The molecular weight excluding hydrogens is 311 g/mol. The molecule has 1 atom stereocenters. The third-order valence-corrected chi connectivity index (χ3v) is 4.05. The van der Waals surface area contributed by atoms with Crippen LogP contribution in [0.25, 0.3) is 0 Å². The summed E-state index contributed by atoms with van der Waals surface area (Å²) in [5.74, 6) is 0.797. The van der Waals surface area contributed by atoms with Crippen molar-refractivity contribution in [2.45, 2.75) is 25.8 Å². The van der Waals surface area contributed by atoms with E-state index in [4.69, 9.17) is 0 Å². The highest BCUT2D eigenvalue weighted by molar-refractivity contribution is 7.09. The molecule has 0 spiro atoms. The lowest BCUT2D eigenvalue weighted by Crippen LogP contribution is -2.14. The van der Waals surface area contributed by atoms with Crippen molar-refractivity contribution in [2.24, 2.45) is 0 Å². The summed E-state index contributed by atoms with van der Waals surface area (Å²) in [6, 6.07) is 11.9. The van der Waals surface area contributed by atoms with Crippen LogP contribution in [0.2, 0.25) is 0 Å². The van der Waals surface area contributed by atoms with Crippen LogP contribution >= 0.6 is 11.5 Å². The Labute approximate surface area is 138 Å². The van der Waals surface area contributed by atoms with Gasteiger partial charge in [0, 0.05) is 23.6 Å². The van der Waals surface area contributed by atoms with Gasteiger partial charge in [-0.15, -0.1) is 0 Å². The van der Waals surface area contributed by atoms with Gasteiger partial charge < -0.3 is 5.32 Å². The van der Waals surface area contributed by atoms with Crippen LogP contribution in [0.15, 0.2) is 48.7 Å². The van der Waals surface area contributed by atoms with E-state index in [2.05, 4.69) is 33.5 Å². The normalized spacial score (nSPS) is 12.3. The van der Waals surface area contributed by atoms with Gasteiger partial charge in [-0.2, -0.15) is 4.37 Å². The molecule has 0 bridgehead atoms. The van der Waals surface area contributed by atoms with Crippen LogP contribution in [-0.4, -0.2) is 14.3 Å². The summed E-state index contributed by atoms with van der Waals surface area (Å²) in [6.45, 7) is 4.10. The van der Waals surface area contributed by atoms with E-state index in [1.807, 2.05) is 24.3 Å². The first kappa shape index (κ1) is 15.6. The predicted molar refractivity (Wildman–Crippen MR) is 90.1 cm³/mol. The number of pyridine rings is 1. The van der Waals surface area contributed by atoms with Crippen molar-refractivity contribution < 1.29 is 4.39 Å². The minimum Gasteiger partial charge on any atom is -0.348 e. The van der Waals surface area contributed by atoms with Crippen molar-refractivity contribution in [3.05, 3.63) is 71.6 Å². The van der Waals surface area contributed by atoms with Crippen LogP contribution in [0.5, 0.6) is 0 Å². The molecule has 2 heterocycles. The van der Waals surface area contributed by atoms with Crippen LogP contribution in [0.4, 0.5) is 9.52 Å². The smallest absolute Gasteiger partial charge is 0.203 e. The van der Waals surface area contributed by atoms with Crippen molar-refractivity contribution in [1.82, 2.24) is 14.3 Å². The molecule has 3 rings (SSSR count). The molecular formula is C17H17FN4S. The minimum atomic E-state index is -0.278. The molecule has 0 aliphatic carbocycles. The van der Waals surface area contributed by atoms with Gasteiger partial charge in [0.25, 0.3) is 0 Å². The number of hydrogen-bond acceptors (Lipinski definition) is 5. The summed E-state index contributed by atoms with van der Waals surface area (Å²) < 4.78 is 18.0. The highest BCUT2D eigenvalue weighted by atomic mass is 32.1. The van der Waals surface area contributed by atoms with Gasteiger partial charge in [0.1, 0.15) is 11.6 Å². The van der Waals surface area contributed by atoms with E-state index in [0.717, 1.165) is 17.1 Å². The molecule has 3 aromatic rings. The van der Waals surface area contributed by atoms with E-state index in [9.17, 15) is 4.39 Å². The molecule has 6 heteroatoms. The zero-order chi connectivity index (χ0) is 16.2. The molecule has 0 saturated heterocycles. The Kier molecular flexibility index (Phi) is 4.62. The Hall–Kier alpha value is -2.34. The summed E-state index contributed by atoms with van der Waals surface area (Å²) in [6.07, 6.45) is 1.73. The highest BCUT2D eigenvalue weighted by Gasteiger charge is 2.18. The average molecular weight is 328 g/mol. The van der Waals surface area contributed by atoms with Gasteiger partial charge in [0.2, 0.25) is 5.13 Å². The van der Waals surface area contributed by atoms with E-state index in [1.54, 1.807) is 12.3 Å². The monoisotopic (exact) mass is 328 g/mol. The first-order valence-electron chi connectivity index (χ1n) is 7.40. The Balaban J connectivity index is 1.95. The van der Waals surface area contributed by atoms with Crippen molar-refractivity contribution in [3.63, 3.8) is 0 Å². The van der Waals surface area contributed by atoms with Crippen molar-refractivity contribution in [1.29, 1.82) is 0 Å². The number of nitrogens with one attached hydrogen (secondary N) is 1. The van der Waals surface area contributed by atoms with Crippen LogP contribution in [0.3, 0.4) is 0 Å². The predicted octanol–water partition coefficient (Wildman–Crippen LogP) is 4.40. The summed E-state index contributed by atoms with van der Waals surface area (Å²) in [7, 11) is 0. The molecule has 0 saturated carbocycles. The molecule has 23 heavy (non-hydrogen) atoms. The Morgan fingerprint density at radius 1 is 1.13 bits per heavy atom. The van der Waals surface area contributed by atoms with Crippen LogP contribution in [-0.2, 0) is 0 Å². The Bertz CT molecular complexity index is 773. The Morgan fingerprint density at radius 2 is 2.00 bits per heavy atom. The summed E-state index contributed by atoms with van der Waals surface area (Å²) >= 11 is 1.31. The minimum absolute atomic E-state index is 0.268. The number of halogens is 1. The summed E-state index contributed by atoms with van der Waals surface area (Å²) in [4.78, 5) is 8.89. The third kappa shape index (κ3) is 3.71. The second-order valence-electron chi connectivity index (χ2n) is 5.50. The number of benzene rings is 1. The number of hydrogen-bond donors (Lipinski definition) is 1. The van der Waals surface area contributed by atoms with Crippen molar-refractivity contribution in [3.8, 4) is 0 Å². The molecule has 2 aromatic heterocycles. The first-order valence-corrected chi connectivity index (χ1v) is 8.17. The lowest BCUT2D eigenvalue weighted by Gasteiger charge is -2.18. The van der Waals surface area contributed by atoms with Crippen molar-refractivity contribution >= 4 is 16.7 Å². The maximum Gasteiger partial charge on any atom is 0.203 e. The SMILES string of the molecule is CC(C)c1nsc(NC(c2cccc(F)c2)c2ccccn2)n1. The van der Waals surface area contributed by atoms with Crippen LogP contribution < -0.4 is 5.32 Å². The van der Waals surface area contributed by atoms with E-state index in [0.29, 0.717) is 5.13 Å². The van der Waals surface area contributed by atoms with Crippen LogP contribution in [0.1, 0.15) is 42.9 Å². The molecule has 0 amide bonds. The molecule has 1 N–H and O–H groups in total. The molecule has 1 unspecified atom stereocenters. The fourth-order valence-electron chi connectivity index (χ4n) is 2.21. The number of anilines is 1. The van der Waals surface area contributed by atoms with Gasteiger partial charge in [-0.3, -0.25) is 4.98 Å². The fraction of sp³-hybridized carbons (Fsp3) is 0.235. The number of aromatic nitrogens is 3. The quantitative estimate of drug-likeness (QED) is 0.754. The van der Waals surface area contributed by atoms with E-state index >= 15 is 0 Å². The molecule has 0 aliphatic rings. The summed E-state index contributed by atoms with van der Waals surface area (Å²) in [5, 5.41) is 4.03. The molecule has 1 aromatic carbocycles. The highest BCUT2D eigenvalue weighted by Crippen LogP contribution is 2.27. The van der Waals surface area contributed by atoms with Gasteiger partial charge in [-0.1, -0.05) is 32.0 Å². The zero-order valence-corrected chi connectivity index (χ0v) is 13.7. The standard InChI is InChI=1S/C17H17FN4S/c1-11(2)16-21-17(23-22-16)20-15(14-8-3-4-9-19-14)12-6-5-7-13(18)10-12/h3-11,15H,1-2H3,(H,20,21,22).